The molecule has 3 aromatic rings. The summed E-state index contributed by atoms with van der Waals surface area (Å²) in [6, 6.07) is 10.9. The summed E-state index contributed by atoms with van der Waals surface area (Å²) in [6.45, 7) is 1.35. The monoisotopic (exact) mass is 378 g/mol. The molecular formula is C21H23FN6. The van der Waals surface area contributed by atoms with Crippen molar-refractivity contribution in [2.45, 2.75) is 24.8 Å². The average Bonchev–Trinajstić information content (AvgIpc) is 3.32. The number of pyridine rings is 1. The zero-order chi connectivity index (χ0) is 19.4. The highest BCUT2D eigenvalue weighted by Crippen LogP contribution is 2.47. The second-order valence-electron chi connectivity index (χ2n) is 7.06. The number of nitrogens with one attached hydrogen (secondary N) is 2. The van der Waals surface area contributed by atoms with Crippen molar-refractivity contribution in [3.8, 4) is 5.82 Å². The summed E-state index contributed by atoms with van der Waals surface area (Å²) in [5, 5.41) is 6.69. The van der Waals surface area contributed by atoms with Crippen LogP contribution in [0.15, 0.2) is 66.3 Å². The highest BCUT2D eigenvalue weighted by Gasteiger charge is 2.44. The van der Waals surface area contributed by atoms with Crippen LogP contribution in [0.4, 0.5) is 4.39 Å². The molecule has 1 aliphatic carbocycles. The Hall–Kier alpha value is -3.22. The van der Waals surface area contributed by atoms with E-state index >= 15 is 0 Å². The summed E-state index contributed by atoms with van der Waals surface area (Å²) in [4.78, 5) is 12.8. The highest BCUT2D eigenvalue weighted by molar-refractivity contribution is 5.79. The Balaban J connectivity index is 1.32. The maximum Gasteiger partial charge on any atom is 0.191 e. The van der Waals surface area contributed by atoms with Gasteiger partial charge in [-0.05, 0) is 42.2 Å². The molecule has 0 radical (unpaired) electrons. The van der Waals surface area contributed by atoms with Gasteiger partial charge in [0.2, 0.25) is 0 Å². The van der Waals surface area contributed by atoms with Crippen molar-refractivity contribution in [3.63, 3.8) is 0 Å². The standard InChI is InChI=1S/C21H23FN6/c1-23-20(27-14-21(7-8-21)17-3-2-4-18(22)11-17)26-13-16-5-6-19(25-12-16)28-10-9-24-15-28/h2-6,9-12,15H,7-8,13-14H2,1H3,(H2,23,26,27). The molecule has 0 spiro atoms. The van der Waals surface area contributed by atoms with Crippen molar-refractivity contribution in [3.05, 3.63) is 78.3 Å². The number of hydrogen-bond acceptors (Lipinski definition) is 3. The molecule has 144 valence electrons. The van der Waals surface area contributed by atoms with Crippen molar-refractivity contribution in [2.24, 2.45) is 4.99 Å². The number of halogens is 1. The lowest BCUT2D eigenvalue weighted by Crippen LogP contribution is -2.40. The van der Waals surface area contributed by atoms with Gasteiger partial charge in [-0.25, -0.2) is 14.4 Å². The van der Waals surface area contributed by atoms with E-state index in [2.05, 4.69) is 25.6 Å². The Bertz CT molecular complexity index is 945. The van der Waals surface area contributed by atoms with Gasteiger partial charge >= 0.3 is 0 Å². The number of nitrogens with zero attached hydrogens (tertiary/aromatic N) is 4. The predicted molar refractivity (Wildman–Crippen MR) is 107 cm³/mol. The van der Waals surface area contributed by atoms with Gasteiger partial charge in [0.25, 0.3) is 0 Å². The fraction of sp³-hybridized carbons (Fsp3) is 0.286. The lowest BCUT2D eigenvalue weighted by atomic mass is 9.96. The molecule has 6 nitrogen and oxygen atoms in total. The van der Waals surface area contributed by atoms with E-state index in [1.807, 2.05) is 35.2 Å². The lowest BCUT2D eigenvalue weighted by Gasteiger charge is -2.19. The van der Waals surface area contributed by atoms with Crippen molar-refractivity contribution in [1.82, 2.24) is 25.2 Å². The quantitative estimate of drug-likeness (QED) is 0.511. The Morgan fingerprint density at radius 3 is 2.79 bits per heavy atom. The first-order chi connectivity index (χ1) is 13.7. The maximum atomic E-state index is 13.5. The van der Waals surface area contributed by atoms with E-state index in [1.165, 1.54) is 6.07 Å². The van der Waals surface area contributed by atoms with Gasteiger partial charge in [0.05, 0.1) is 0 Å². The highest BCUT2D eigenvalue weighted by atomic mass is 19.1. The maximum absolute atomic E-state index is 13.5. The summed E-state index contributed by atoms with van der Waals surface area (Å²) in [6.07, 6.45) is 9.25. The molecule has 1 aliphatic rings. The van der Waals surface area contributed by atoms with Crippen LogP contribution >= 0.6 is 0 Å². The number of benzene rings is 1. The molecule has 2 aromatic heterocycles. The van der Waals surface area contributed by atoms with Gasteiger partial charge in [-0.2, -0.15) is 0 Å². The van der Waals surface area contributed by atoms with Gasteiger partial charge in [0.15, 0.2) is 5.96 Å². The first-order valence-electron chi connectivity index (χ1n) is 9.32. The molecule has 2 N–H and O–H groups in total. The molecule has 0 amide bonds. The van der Waals surface area contributed by atoms with Gasteiger partial charge in [0.1, 0.15) is 18.0 Å². The van der Waals surface area contributed by atoms with Crippen LogP contribution < -0.4 is 10.6 Å². The first kappa shape index (κ1) is 18.2. The number of hydrogen-bond donors (Lipinski definition) is 2. The van der Waals surface area contributed by atoms with Crippen molar-refractivity contribution in [2.75, 3.05) is 13.6 Å². The molecule has 0 atom stereocenters. The fourth-order valence-corrected chi connectivity index (χ4v) is 3.26. The second-order valence-corrected chi connectivity index (χ2v) is 7.06. The summed E-state index contributed by atoms with van der Waals surface area (Å²) in [5.74, 6) is 1.37. The van der Waals surface area contributed by atoms with Crippen molar-refractivity contribution < 1.29 is 4.39 Å². The zero-order valence-corrected chi connectivity index (χ0v) is 15.8. The van der Waals surface area contributed by atoms with Crippen molar-refractivity contribution in [1.29, 1.82) is 0 Å². The van der Waals surface area contributed by atoms with Crippen LogP contribution in [0, 0.1) is 5.82 Å². The number of aliphatic imine (C=N–C) groups is 1. The minimum absolute atomic E-state index is 0.00766. The van der Waals surface area contributed by atoms with Gasteiger partial charge in [-0.3, -0.25) is 9.56 Å². The molecule has 1 aromatic carbocycles. The molecule has 4 rings (SSSR count). The molecule has 0 aliphatic heterocycles. The summed E-state index contributed by atoms with van der Waals surface area (Å²) in [7, 11) is 1.75. The Morgan fingerprint density at radius 1 is 1.25 bits per heavy atom. The normalized spacial score (nSPS) is 15.3. The molecule has 2 heterocycles. The molecule has 0 unspecified atom stereocenters. The van der Waals surface area contributed by atoms with E-state index in [4.69, 9.17) is 0 Å². The van der Waals surface area contributed by atoms with E-state index in [-0.39, 0.29) is 11.2 Å². The summed E-state index contributed by atoms with van der Waals surface area (Å²) in [5.41, 5.74) is 2.11. The third kappa shape index (κ3) is 4.03. The number of guanidine groups is 1. The third-order valence-corrected chi connectivity index (χ3v) is 5.15. The van der Waals surface area contributed by atoms with Crippen LogP contribution in [0.3, 0.4) is 0 Å². The average molecular weight is 378 g/mol. The van der Waals surface area contributed by atoms with Crippen LogP contribution in [-0.4, -0.2) is 34.1 Å². The zero-order valence-electron chi connectivity index (χ0n) is 15.8. The van der Waals surface area contributed by atoms with Crippen LogP contribution in [-0.2, 0) is 12.0 Å². The van der Waals surface area contributed by atoms with E-state index in [0.717, 1.165) is 42.3 Å². The molecule has 0 saturated heterocycles. The molecule has 1 saturated carbocycles. The topological polar surface area (TPSA) is 67.1 Å². The second kappa shape index (κ2) is 7.80. The summed E-state index contributed by atoms with van der Waals surface area (Å²) < 4.78 is 15.4. The summed E-state index contributed by atoms with van der Waals surface area (Å²) >= 11 is 0. The minimum Gasteiger partial charge on any atom is -0.356 e. The lowest BCUT2D eigenvalue weighted by molar-refractivity contribution is 0.607. The van der Waals surface area contributed by atoms with E-state index in [0.29, 0.717) is 6.54 Å². The Morgan fingerprint density at radius 2 is 2.14 bits per heavy atom. The van der Waals surface area contributed by atoms with Gasteiger partial charge in [-0.15, -0.1) is 0 Å². The Labute approximate surface area is 163 Å². The van der Waals surface area contributed by atoms with Gasteiger partial charge < -0.3 is 10.6 Å². The molecule has 0 bridgehead atoms. The fourth-order valence-electron chi connectivity index (χ4n) is 3.26. The van der Waals surface area contributed by atoms with Crippen LogP contribution in [0.2, 0.25) is 0 Å². The van der Waals surface area contributed by atoms with E-state index in [1.54, 1.807) is 31.7 Å². The third-order valence-electron chi connectivity index (χ3n) is 5.15. The SMILES string of the molecule is CN=C(NCc1ccc(-n2ccnc2)nc1)NCC1(c2cccc(F)c2)CC1. The molecule has 7 heteroatoms. The van der Waals surface area contributed by atoms with Gasteiger partial charge in [-0.1, -0.05) is 18.2 Å². The van der Waals surface area contributed by atoms with Crippen LogP contribution in [0.25, 0.3) is 5.82 Å². The molecule has 1 fully saturated rings. The Kier molecular flexibility index (Phi) is 5.06. The molecular weight excluding hydrogens is 355 g/mol. The smallest absolute Gasteiger partial charge is 0.191 e. The van der Waals surface area contributed by atoms with Crippen LogP contribution in [0.5, 0.6) is 0 Å². The number of imidazole rings is 1. The number of aromatic nitrogens is 3. The largest absolute Gasteiger partial charge is 0.356 e. The van der Waals surface area contributed by atoms with E-state index in [9.17, 15) is 4.39 Å². The first-order valence-corrected chi connectivity index (χ1v) is 9.32. The number of rotatable bonds is 6. The van der Waals surface area contributed by atoms with Crippen molar-refractivity contribution >= 4 is 5.96 Å². The minimum atomic E-state index is -0.182. The van der Waals surface area contributed by atoms with E-state index < -0.39 is 0 Å². The van der Waals surface area contributed by atoms with Crippen LogP contribution in [0.1, 0.15) is 24.0 Å². The molecule has 28 heavy (non-hydrogen) atoms. The van der Waals surface area contributed by atoms with Gasteiger partial charge in [0, 0.05) is 44.1 Å². The predicted octanol–water partition coefficient (Wildman–Crippen LogP) is 2.80.